The summed E-state index contributed by atoms with van der Waals surface area (Å²) >= 11 is 0. The summed E-state index contributed by atoms with van der Waals surface area (Å²) in [4.78, 5) is 2.52. The fourth-order valence-electron chi connectivity index (χ4n) is 1.90. The van der Waals surface area contributed by atoms with Crippen LogP contribution in [0.2, 0.25) is 0 Å². The van der Waals surface area contributed by atoms with Crippen molar-refractivity contribution in [1.82, 2.24) is 4.90 Å². The predicted octanol–water partition coefficient (Wildman–Crippen LogP) is 0.694. The quantitative estimate of drug-likeness (QED) is 0.663. The van der Waals surface area contributed by atoms with Crippen molar-refractivity contribution in [1.29, 1.82) is 0 Å². The number of likely N-dealkylation sites (tertiary alicyclic amines) is 1. The Morgan fingerprint density at radius 2 is 2.08 bits per heavy atom. The van der Waals surface area contributed by atoms with E-state index in [1.807, 2.05) is 0 Å². The van der Waals surface area contributed by atoms with Crippen molar-refractivity contribution in [2.75, 3.05) is 39.9 Å². The van der Waals surface area contributed by atoms with Crippen LogP contribution in [-0.4, -0.2) is 44.8 Å². The number of hydrogen-bond donors (Lipinski definition) is 1. The van der Waals surface area contributed by atoms with Gasteiger partial charge in [-0.1, -0.05) is 0 Å². The van der Waals surface area contributed by atoms with Crippen LogP contribution in [0.15, 0.2) is 0 Å². The van der Waals surface area contributed by atoms with Gasteiger partial charge in [-0.3, -0.25) is 0 Å². The Kier molecular flexibility index (Phi) is 5.35. The fraction of sp³-hybridized carbons (Fsp3) is 1.00. The Morgan fingerprint density at radius 3 is 2.62 bits per heavy atom. The first-order chi connectivity index (χ1) is 6.36. The molecule has 1 atom stereocenters. The molecule has 1 heterocycles. The molecule has 0 amide bonds. The first kappa shape index (κ1) is 11.0. The lowest BCUT2D eigenvalue weighted by molar-refractivity contribution is 0.164. The van der Waals surface area contributed by atoms with Crippen molar-refractivity contribution in [2.45, 2.75) is 19.3 Å². The molecule has 0 aliphatic carbocycles. The molecule has 1 aliphatic rings. The van der Waals surface area contributed by atoms with Gasteiger partial charge < -0.3 is 15.4 Å². The molecule has 0 aromatic carbocycles. The highest BCUT2D eigenvalue weighted by Crippen LogP contribution is 2.11. The number of nitrogens with two attached hydrogens (primary N) is 1. The summed E-state index contributed by atoms with van der Waals surface area (Å²) in [5.41, 5.74) is 5.71. The van der Waals surface area contributed by atoms with E-state index < -0.39 is 0 Å². The van der Waals surface area contributed by atoms with Crippen LogP contribution in [0.4, 0.5) is 0 Å². The van der Waals surface area contributed by atoms with E-state index in [2.05, 4.69) is 4.90 Å². The van der Waals surface area contributed by atoms with E-state index >= 15 is 0 Å². The summed E-state index contributed by atoms with van der Waals surface area (Å²) in [6, 6.07) is 0. The number of ether oxygens (including phenoxy) is 1. The van der Waals surface area contributed by atoms with Crippen LogP contribution in [0.1, 0.15) is 19.3 Å². The number of rotatable bonds is 6. The molecule has 13 heavy (non-hydrogen) atoms. The van der Waals surface area contributed by atoms with Crippen molar-refractivity contribution in [3.05, 3.63) is 0 Å². The summed E-state index contributed by atoms with van der Waals surface area (Å²) in [7, 11) is 1.75. The standard InChI is InChI=1S/C10H22N2O/c1-13-7-4-10(8-11)9-12-5-2-3-6-12/h10H,2-9,11H2,1H3. The van der Waals surface area contributed by atoms with Gasteiger partial charge >= 0.3 is 0 Å². The Balaban J connectivity index is 2.13. The Hall–Kier alpha value is -0.120. The summed E-state index contributed by atoms with van der Waals surface area (Å²) in [5.74, 6) is 0.623. The van der Waals surface area contributed by atoms with E-state index in [1.54, 1.807) is 7.11 Å². The number of hydrogen-bond acceptors (Lipinski definition) is 3. The van der Waals surface area contributed by atoms with Crippen LogP contribution in [0, 0.1) is 5.92 Å². The summed E-state index contributed by atoms with van der Waals surface area (Å²) in [6.45, 7) is 5.34. The topological polar surface area (TPSA) is 38.5 Å². The number of methoxy groups -OCH3 is 1. The smallest absolute Gasteiger partial charge is 0.0465 e. The minimum Gasteiger partial charge on any atom is -0.385 e. The molecule has 0 radical (unpaired) electrons. The maximum absolute atomic E-state index is 5.71. The maximum atomic E-state index is 5.71. The average Bonchev–Trinajstić information content (AvgIpc) is 2.64. The Labute approximate surface area is 81.2 Å². The molecule has 1 unspecified atom stereocenters. The molecule has 0 saturated carbocycles. The molecule has 0 bridgehead atoms. The second-order valence-electron chi connectivity index (χ2n) is 3.89. The SMILES string of the molecule is COCCC(CN)CN1CCCC1. The van der Waals surface area contributed by atoms with E-state index in [9.17, 15) is 0 Å². The predicted molar refractivity (Wildman–Crippen MR) is 54.7 cm³/mol. The summed E-state index contributed by atoms with van der Waals surface area (Å²) in [6.07, 6.45) is 3.83. The van der Waals surface area contributed by atoms with Crippen LogP contribution in [0.5, 0.6) is 0 Å². The van der Waals surface area contributed by atoms with Gasteiger partial charge in [0, 0.05) is 20.3 Å². The molecule has 0 spiro atoms. The monoisotopic (exact) mass is 186 g/mol. The molecule has 3 nitrogen and oxygen atoms in total. The molecule has 2 N–H and O–H groups in total. The highest BCUT2D eigenvalue weighted by atomic mass is 16.5. The minimum atomic E-state index is 0.623. The molecule has 1 aliphatic heterocycles. The van der Waals surface area contributed by atoms with E-state index in [-0.39, 0.29) is 0 Å². The molecule has 78 valence electrons. The van der Waals surface area contributed by atoms with Crippen LogP contribution >= 0.6 is 0 Å². The van der Waals surface area contributed by atoms with Gasteiger partial charge in [0.2, 0.25) is 0 Å². The van der Waals surface area contributed by atoms with Gasteiger partial charge in [-0.15, -0.1) is 0 Å². The lowest BCUT2D eigenvalue weighted by Crippen LogP contribution is -2.31. The molecule has 1 saturated heterocycles. The van der Waals surface area contributed by atoms with Gasteiger partial charge in [0.1, 0.15) is 0 Å². The minimum absolute atomic E-state index is 0.623. The van der Waals surface area contributed by atoms with Crippen molar-refractivity contribution in [2.24, 2.45) is 11.7 Å². The van der Waals surface area contributed by atoms with Gasteiger partial charge in [0.15, 0.2) is 0 Å². The molecular formula is C10H22N2O. The molecular weight excluding hydrogens is 164 g/mol. The van der Waals surface area contributed by atoms with Crippen molar-refractivity contribution in [3.8, 4) is 0 Å². The summed E-state index contributed by atoms with van der Waals surface area (Å²) < 4.78 is 5.06. The lowest BCUT2D eigenvalue weighted by Gasteiger charge is -2.21. The highest BCUT2D eigenvalue weighted by molar-refractivity contribution is 4.71. The second kappa shape index (κ2) is 6.35. The molecule has 0 aromatic rings. The van der Waals surface area contributed by atoms with E-state index in [0.29, 0.717) is 5.92 Å². The third kappa shape index (κ3) is 4.07. The molecule has 0 aromatic heterocycles. The zero-order chi connectivity index (χ0) is 9.52. The van der Waals surface area contributed by atoms with E-state index in [4.69, 9.17) is 10.5 Å². The van der Waals surface area contributed by atoms with Gasteiger partial charge in [-0.2, -0.15) is 0 Å². The van der Waals surface area contributed by atoms with Gasteiger partial charge in [0.25, 0.3) is 0 Å². The third-order valence-corrected chi connectivity index (χ3v) is 2.78. The van der Waals surface area contributed by atoms with E-state index in [0.717, 1.165) is 19.6 Å². The van der Waals surface area contributed by atoms with Crippen LogP contribution in [-0.2, 0) is 4.74 Å². The van der Waals surface area contributed by atoms with Gasteiger partial charge in [0.05, 0.1) is 0 Å². The van der Waals surface area contributed by atoms with Crippen LogP contribution < -0.4 is 5.73 Å². The molecule has 3 heteroatoms. The first-order valence-electron chi connectivity index (χ1n) is 5.28. The highest BCUT2D eigenvalue weighted by Gasteiger charge is 2.15. The maximum Gasteiger partial charge on any atom is 0.0465 e. The Bertz CT molecular complexity index is 124. The third-order valence-electron chi connectivity index (χ3n) is 2.78. The van der Waals surface area contributed by atoms with Crippen LogP contribution in [0.25, 0.3) is 0 Å². The second-order valence-corrected chi connectivity index (χ2v) is 3.89. The van der Waals surface area contributed by atoms with E-state index in [1.165, 1.54) is 32.5 Å². The lowest BCUT2D eigenvalue weighted by atomic mass is 10.1. The van der Waals surface area contributed by atoms with Gasteiger partial charge in [-0.25, -0.2) is 0 Å². The Morgan fingerprint density at radius 1 is 1.38 bits per heavy atom. The van der Waals surface area contributed by atoms with Crippen molar-refractivity contribution >= 4 is 0 Å². The normalized spacial score (nSPS) is 20.8. The van der Waals surface area contributed by atoms with Crippen LogP contribution in [0.3, 0.4) is 0 Å². The van der Waals surface area contributed by atoms with Gasteiger partial charge in [-0.05, 0) is 44.8 Å². The average molecular weight is 186 g/mol. The summed E-state index contributed by atoms with van der Waals surface area (Å²) in [5, 5.41) is 0. The number of nitrogens with zero attached hydrogens (tertiary/aromatic N) is 1. The zero-order valence-electron chi connectivity index (χ0n) is 8.67. The van der Waals surface area contributed by atoms with Crippen molar-refractivity contribution < 1.29 is 4.74 Å². The molecule has 1 rings (SSSR count). The fourth-order valence-corrected chi connectivity index (χ4v) is 1.90. The van der Waals surface area contributed by atoms with Crippen molar-refractivity contribution in [3.63, 3.8) is 0 Å². The largest absolute Gasteiger partial charge is 0.385 e. The zero-order valence-corrected chi connectivity index (χ0v) is 8.67. The first-order valence-corrected chi connectivity index (χ1v) is 5.28. The molecule has 1 fully saturated rings.